The Kier molecular flexibility index (Phi) is 6.22. The van der Waals surface area contributed by atoms with E-state index in [4.69, 9.17) is 4.42 Å². The number of thioether (sulfide) groups is 1. The second-order valence-corrected chi connectivity index (χ2v) is 7.88. The fourth-order valence-corrected chi connectivity index (χ4v) is 3.69. The minimum absolute atomic E-state index is 0.0947. The Morgan fingerprint density at radius 3 is 2.69 bits per heavy atom. The molecule has 0 unspecified atom stereocenters. The number of fused-ring (bicyclic) bond motifs is 1. The normalized spacial score (nSPS) is 11.0. The topological polar surface area (TPSA) is 114 Å². The van der Waals surface area contributed by atoms with Crippen LogP contribution in [-0.2, 0) is 17.8 Å². The molecule has 0 aliphatic heterocycles. The fraction of sp³-hybridized carbons (Fsp3) is 0.227. The lowest BCUT2D eigenvalue weighted by Gasteiger charge is -2.13. The molecular formula is C22H22N6O3S. The van der Waals surface area contributed by atoms with Gasteiger partial charge in [0.15, 0.2) is 0 Å². The molecule has 4 rings (SSSR count). The highest BCUT2D eigenvalue weighted by molar-refractivity contribution is 7.98. The van der Waals surface area contributed by atoms with Gasteiger partial charge in [0, 0.05) is 17.0 Å². The van der Waals surface area contributed by atoms with Gasteiger partial charge in [-0.05, 0) is 44.4 Å². The maximum Gasteiger partial charge on any atom is 0.253 e. The van der Waals surface area contributed by atoms with Crippen LogP contribution in [0, 0.1) is 13.8 Å². The molecule has 0 fully saturated rings. The molecule has 10 heteroatoms. The lowest BCUT2D eigenvalue weighted by molar-refractivity contribution is -0.115. The van der Waals surface area contributed by atoms with Crippen LogP contribution in [0.4, 0.5) is 5.69 Å². The number of carbonyl (C=O) groups excluding carboxylic acids is 2. The Balaban J connectivity index is 1.51. The molecule has 3 heterocycles. The Hall–Kier alpha value is -3.66. The van der Waals surface area contributed by atoms with E-state index in [1.165, 1.54) is 11.8 Å². The smallest absolute Gasteiger partial charge is 0.253 e. The first-order valence-electron chi connectivity index (χ1n) is 9.92. The zero-order valence-electron chi connectivity index (χ0n) is 17.9. The summed E-state index contributed by atoms with van der Waals surface area (Å²) in [6.45, 7) is 3.99. The third-order valence-corrected chi connectivity index (χ3v) is 5.54. The van der Waals surface area contributed by atoms with Crippen LogP contribution in [0.1, 0.15) is 33.1 Å². The van der Waals surface area contributed by atoms with E-state index >= 15 is 0 Å². The van der Waals surface area contributed by atoms with E-state index in [9.17, 15) is 9.59 Å². The number of carbonyl (C=O) groups is 2. The molecule has 164 valence electrons. The number of furan rings is 1. The Bertz CT molecular complexity index is 1280. The second kappa shape index (κ2) is 9.23. The summed E-state index contributed by atoms with van der Waals surface area (Å²) in [5, 5.41) is 10.7. The van der Waals surface area contributed by atoms with Crippen LogP contribution >= 0.6 is 11.8 Å². The molecule has 3 aromatic heterocycles. The van der Waals surface area contributed by atoms with Crippen molar-refractivity contribution in [1.82, 2.24) is 24.9 Å². The van der Waals surface area contributed by atoms with Crippen molar-refractivity contribution in [2.24, 2.45) is 0 Å². The summed E-state index contributed by atoms with van der Waals surface area (Å²) < 4.78 is 6.89. The first kappa shape index (κ1) is 21.6. The lowest BCUT2D eigenvalue weighted by atomic mass is 10.1. The summed E-state index contributed by atoms with van der Waals surface area (Å²) in [5.74, 6) is 0.590. The number of benzene rings is 1. The standard InChI is InChI=1S/C22H22N6O3S/c1-13-17(14(2)28-21(24-13)26-22(27-28)32-3)11-19(29)25-18-9-5-4-8-16(18)20(30)23-12-15-7-6-10-31-15/h4-10H,11-12H2,1-3H3,(H,23,30)(H,25,29). The maximum absolute atomic E-state index is 12.9. The van der Waals surface area contributed by atoms with E-state index < -0.39 is 0 Å². The predicted molar refractivity (Wildman–Crippen MR) is 121 cm³/mol. The van der Waals surface area contributed by atoms with E-state index in [1.54, 1.807) is 47.2 Å². The molecule has 2 N–H and O–H groups in total. The van der Waals surface area contributed by atoms with Crippen molar-refractivity contribution in [3.05, 3.63) is 70.9 Å². The van der Waals surface area contributed by atoms with Crippen LogP contribution in [0.25, 0.3) is 5.78 Å². The Morgan fingerprint density at radius 1 is 1.12 bits per heavy atom. The molecule has 0 saturated heterocycles. The molecular weight excluding hydrogens is 428 g/mol. The van der Waals surface area contributed by atoms with E-state index in [0.717, 1.165) is 17.0 Å². The van der Waals surface area contributed by atoms with E-state index in [2.05, 4.69) is 25.7 Å². The van der Waals surface area contributed by atoms with Crippen LogP contribution in [0.3, 0.4) is 0 Å². The monoisotopic (exact) mass is 450 g/mol. The van der Waals surface area contributed by atoms with Gasteiger partial charge in [-0.3, -0.25) is 9.59 Å². The molecule has 0 spiro atoms. The lowest BCUT2D eigenvalue weighted by Crippen LogP contribution is -2.25. The average Bonchev–Trinajstić information content (AvgIpc) is 3.45. The third kappa shape index (κ3) is 4.50. The number of aryl methyl sites for hydroxylation is 2. The number of rotatable bonds is 7. The van der Waals surface area contributed by atoms with Gasteiger partial charge >= 0.3 is 0 Å². The molecule has 0 aliphatic rings. The van der Waals surface area contributed by atoms with Gasteiger partial charge in [0.05, 0.1) is 30.5 Å². The summed E-state index contributed by atoms with van der Waals surface area (Å²) in [5.41, 5.74) is 3.10. The molecule has 9 nitrogen and oxygen atoms in total. The highest BCUT2D eigenvalue weighted by Crippen LogP contribution is 2.19. The quantitative estimate of drug-likeness (QED) is 0.416. The van der Waals surface area contributed by atoms with Crippen molar-refractivity contribution in [3.8, 4) is 0 Å². The van der Waals surface area contributed by atoms with Gasteiger partial charge in [-0.1, -0.05) is 23.9 Å². The van der Waals surface area contributed by atoms with Crippen molar-refractivity contribution >= 4 is 35.0 Å². The van der Waals surface area contributed by atoms with Gasteiger partial charge in [0.25, 0.3) is 11.7 Å². The SMILES string of the molecule is CSc1nc2nc(C)c(CC(=O)Nc3ccccc3C(=O)NCc3ccco3)c(C)n2n1. The first-order chi connectivity index (χ1) is 15.5. The van der Waals surface area contributed by atoms with Crippen molar-refractivity contribution in [3.63, 3.8) is 0 Å². The number of anilines is 1. The second-order valence-electron chi connectivity index (χ2n) is 7.10. The summed E-state index contributed by atoms with van der Waals surface area (Å²) in [4.78, 5) is 34.4. The highest BCUT2D eigenvalue weighted by Gasteiger charge is 2.18. The summed E-state index contributed by atoms with van der Waals surface area (Å²) in [6, 6.07) is 10.4. The molecule has 4 aromatic rings. The van der Waals surface area contributed by atoms with Crippen molar-refractivity contribution in [2.45, 2.75) is 32.0 Å². The van der Waals surface area contributed by atoms with Gasteiger partial charge < -0.3 is 15.1 Å². The maximum atomic E-state index is 12.9. The van der Waals surface area contributed by atoms with Crippen molar-refractivity contribution in [1.29, 1.82) is 0 Å². The Morgan fingerprint density at radius 2 is 1.94 bits per heavy atom. The van der Waals surface area contributed by atoms with Crippen LogP contribution in [0.2, 0.25) is 0 Å². The van der Waals surface area contributed by atoms with Crippen molar-refractivity contribution < 1.29 is 14.0 Å². The number of hydrogen-bond acceptors (Lipinski definition) is 7. The number of aromatic nitrogens is 4. The molecule has 0 atom stereocenters. The fourth-order valence-electron chi connectivity index (χ4n) is 3.35. The average molecular weight is 451 g/mol. The van der Waals surface area contributed by atoms with E-state index in [1.807, 2.05) is 20.1 Å². The zero-order valence-corrected chi connectivity index (χ0v) is 18.7. The molecule has 1 aromatic carbocycles. The van der Waals surface area contributed by atoms with Gasteiger partial charge in [-0.2, -0.15) is 4.98 Å². The summed E-state index contributed by atoms with van der Waals surface area (Å²) >= 11 is 1.43. The molecule has 32 heavy (non-hydrogen) atoms. The van der Waals surface area contributed by atoms with Crippen LogP contribution < -0.4 is 10.6 Å². The number of nitrogens with zero attached hydrogens (tertiary/aromatic N) is 4. The van der Waals surface area contributed by atoms with Crippen molar-refractivity contribution in [2.75, 3.05) is 11.6 Å². The molecule has 0 radical (unpaired) electrons. The Labute approximate surface area is 188 Å². The highest BCUT2D eigenvalue weighted by atomic mass is 32.2. The predicted octanol–water partition coefficient (Wildman–Crippen LogP) is 3.17. The minimum atomic E-state index is -0.306. The number of amides is 2. The summed E-state index contributed by atoms with van der Waals surface area (Å²) in [6.07, 6.45) is 3.54. The zero-order chi connectivity index (χ0) is 22.7. The molecule has 0 bridgehead atoms. The molecule has 0 saturated carbocycles. The molecule has 2 amide bonds. The van der Waals surface area contributed by atoms with Gasteiger partial charge in [0.2, 0.25) is 11.1 Å². The summed E-state index contributed by atoms with van der Waals surface area (Å²) in [7, 11) is 0. The van der Waals surface area contributed by atoms with Gasteiger partial charge in [-0.15, -0.1) is 5.10 Å². The largest absolute Gasteiger partial charge is 0.467 e. The first-order valence-corrected chi connectivity index (χ1v) is 11.1. The number of hydrogen-bond donors (Lipinski definition) is 2. The molecule has 0 aliphatic carbocycles. The van der Waals surface area contributed by atoms with Gasteiger partial charge in [0.1, 0.15) is 5.76 Å². The number of para-hydroxylation sites is 1. The van der Waals surface area contributed by atoms with E-state index in [0.29, 0.717) is 27.9 Å². The minimum Gasteiger partial charge on any atom is -0.467 e. The third-order valence-electron chi connectivity index (χ3n) is 5.00. The van der Waals surface area contributed by atoms with Crippen LogP contribution in [-0.4, -0.2) is 37.7 Å². The number of nitrogens with one attached hydrogen (secondary N) is 2. The van der Waals surface area contributed by atoms with Crippen LogP contribution in [0.5, 0.6) is 0 Å². The van der Waals surface area contributed by atoms with Crippen LogP contribution in [0.15, 0.2) is 52.2 Å². The van der Waals surface area contributed by atoms with E-state index in [-0.39, 0.29) is 24.8 Å². The van der Waals surface area contributed by atoms with Gasteiger partial charge in [-0.25, -0.2) is 9.50 Å².